The van der Waals surface area contributed by atoms with E-state index in [4.69, 9.17) is 14.2 Å². The van der Waals surface area contributed by atoms with E-state index in [2.05, 4.69) is 12.2 Å². The van der Waals surface area contributed by atoms with Gasteiger partial charge in [-0.15, -0.1) is 0 Å². The van der Waals surface area contributed by atoms with Crippen LogP contribution in [0.4, 0.5) is 4.79 Å². The summed E-state index contributed by atoms with van der Waals surface area (Å²) < 4.78 is 17.5. The molecule has 0 spiro atoms. The Morgan fingerprint density at radius 2 is 1.65 bits per heavy atom. The van der Waals surface area contributed by atoms with Gasteiger partial charge in [-0.2, -0.15) is 0 Å². The summed E-state index contributed by atoms with van der Waals surface area (Å²) in [5.74, 6) is 1.28. The highest BCUT2D eigenvalue weighted by Gasteiger charge is 2.43. The fourth-order valence-corrected chi connectivity index (χ4v) is 6.61. The topological polar surface area (TPSA) is 88.6 Å². The number of hydrogen-bond donors (Lipinski definition) is 0. The van der Waals surface area contributed by atoms with Crippen LogP contribution >= 0.6 is 0 Å². The SMILES string of the molecule is COc1ccc(C(=O)N(C[C@@H]2CN(C(=O)OC(C)(C)C)C[C@H]2CN(C(=O)Cc2ccccc2)C2CC2)C(C)C)cc1OCC1C=CC=CC1. The smallest absolute Gasteiger partial charge is 0.410 e. The van der Waals surface area contributed by atoms with E-state index in [9.17, 15) is 14.4 Å². The maximum atomic E-state index is 14.2. The highest BCUT2D eigenvalue weighted by Crippen LogP contribution is 2.34. The molecular formula is C40H53N3O6. The van der Waals surface area contributed by atoms with Crippen molar-refractivity contribution in [3.05, 3.63) is 84.0 Å². The minimum absolute atomic E-state index is 0.0192. The van der Waals surface area contributed by atoms with Crippen molar-refractivity contribution in [3.63, 3.8) is 0 Å². The Morgan fingerprint density at radius 1 is 0.939 bits per heavy atom. The first-order chi connectivity index (χ1) is 23.4. The molecule has 0 radical (unpaired) electrons. The summed E-state index contributed by atoms with van der Waals surface area (Å²) in [5, 5.41) is 0. The van der Waals surface area contributed by atoms with Crippen molar-refractivity contribution in [2.75, 3.05) is 39.9 Å². The number of carbonyl (C=O) groups is 3. The van der Waals surface area contributed by atoms with Crippen LogP contribution in [0.1, 0.15) is 69.8 Å². The Labute approximate surface area is 291 Å². The molecule has 1 unspecified atom stereocenters. The van der Waals surface area contributed by atoms with Crippen molar-refractivity contribution in [1.82, 2.24) is 14.7 Å². The van der Waals surface area contributed by atoms with Crippen molar-refractivity contribution in [1.29, 1.82) is 0 Å². The van der Waals surface area contributed by atoms with E-state index in [1.54, 1.807) is 30.2 Å². The first-order valence-corrected chi connectivity index (χ1v) is 17.7. The Morgan fingerprint density at radius 3 is 2.27 bits per heavy atom. The van der Waals surface area contributed by atoms with Gasteiger partial charge in [0.25, 0.3) is 5.91 Å². The van der Waals surface area contributed by atoms with Crippen LogP contribution in [-0.4, -0.2) is 90.2 Å². The van der Waals surface area contributed by atoms with E-state index in [0.717, 1.165) is 24.8 Å². The number of benzene rings is 2. The zero-order chi connectivity index (χ0) is 35.1. The van der Waals surface area contributed by atoms with Crippen LogP contribution in [-0.2, 0) is 16.0 Å². The molecule has 2 aromatic rings. The number of amides is 3. The standard InChI is InChI=1S/C40H53N3O6/c1-28(2)42(38(45)31-17-20-35(47-6)36(22-31)48-27-30-15-11-8-12-16-30)25-32-23-41(39(46)49-40(3,4)5)24-33(32)26-43(34-18-19-34)37(44)21-29-13-9-7-10-14-29/h7-15,17,20,22,28,30,32-34H,16,18-19,21,23-27H2,1-6H3/t30?,32-,33-/m0/s1. The number of ether oxygens (including phenoxy) is 3. The first kappa shape index (κ1) is 36.0. The van der Waals surface area contributed by atoms with Crippen LogP contribution < -0.4 is 9.47 Å². The molecule has 1 saturated heterocycles. The van der Waals surface area contributed by atoms with Gasteiger partial charge in [0.05, 0.1) is 20.1 Å². The molecule has 3 amide bonds. The lowest BCUT2D eigenvalue weighted by molar-refractivity contribution is -0.131. The van der Waals surface area contributed by atoms with Crippen molar-refractivity contribution >= 4 is 17.9 Å². The average molecular weight is 672 g/mol. The summed E-state index contributed by atoms with van der Waals surface area (Å²) in [5.41, 5.74) is 0.872. The summed E-state index contributed by atoms with van der Waals surface area (Å²) in [7, 11) is 1.60. The number of allylic oxidation sites excluding steroid dienone is 3. The van der Waals surface area contributed by atoms with Gasteiger partial charge in [0.1, 0.15) is 5.60 Å². The van der Waals surface area contributed by atoms with Crippen LogP contribution in [0.2, 0.25) is 0 Å². The number of nitrogens with zero attached hydrogens (tertiary/aromatic N) is 3. The molecule has 1 heterocycles. The minimum atomic E-state index is -0.631. The molecular weight excluding hydrogens is 618 g/mol. The molecule has 3 atom stereocenters. The van der Waals surface area contributed by atoms with Crippen molar-refractivity contribution < 1.29 is 28.6 Å². The van der Waals surface area contributed by atoms with Crippen LogP contribution in [0, 0.1) is 17.8 Å². The number of hydrogen-bond acceptors (Lipinski definition) is 6. The average Bonchev–Trinajstić information content (AvgIpc) is 3.84. The molecule has 5 rings (SSSR count). The Kier molecular flexibility index (Phi) is 11.7. The van der Waals surface area contributed by atoms with Crippen LogP contribution in [0.5, 0.6) is 11.5 Å². The van der Waals surface area contributed by atoms with E-state index in [1.165, 1.54) is 0 Å². The molecule has 0 bridgehead atoms. The third-order valence-corrected chi connectivity index (χ3v) is 9.41. The largest absolute Gasteiger partial charge is 0.493 e. The van der Waals surface area contributed by atoms with Crippen molar-refractivity contribution in [2.45, 2.75) is 78.0 Å². The fraction of sp³-hybridized carbons (Fsp3) is 0.525. The lowest BCUT2D eigenvalue weighted by Gasteiger charge is -2.33. The lowest BCUT2D eigenvalue weighted by atomic mass is 9.93. The Balaban J connectivity index is 1.35. The number of rotatable bonds is 13. The predicted octanol–water partition coefficient (Wildman–Crippen LogP) is 6.77. The second-order valence-corrected chi connectivity index (χ2v) is 14.9. The lowest BCUT2D eigenvalue weighted by Crippen LogP contribution is -2.45. The summed E-state index contributed by atoms with van der Waals surface area (Å²) in [6, 6.07) is 15.3. The van der Waals surface area contributed by atoms with Gasteiger partial charge in [0, 0.05) is 61.6 Å². The molecule has 2 fully saturated rings. The summed E-state index contributed by atoms with van der Waals surface area (Å²) in [4.78, 5) is 46.9. The second-order valence-electron chi connectivity index (χ2n) is 14.9. The van der Waals surface area contributed by atoms with E-state index >= 15 is 0 Å². The molecule has 3 aliphatic rings. The molecule has 264 valence electrons. The third-order valence-electron chi connectivity index (χ3n) is 9.41. The Hall–Kier alpha value is -4.27. The van der Waals surface area contributed by atoms with Gasteiger partial charge >= 0.3 is 6.09 Å². The molecule has 1 aliphatic heterocycles. The van der Waals surface area contributed by atoms with Gasteiger partial charge in [0.15, 0.2) is 11.5 Å². The van der Waals surface area contributed by atoms with Crippen molar-refractivity contribution in [3.8, 4) is 11.5 Å². The summed E-state index contributed by atoms with van der Waals surface area (Å²) in [6.45, 7) is 12.0. The van der Waals surface area contributed by atoms with Gasteiger partial charge < -0.3 is 28.9 Å². The number of carbonyl (C=O) groups excluding carboxylic acids is 3. The van der Waals surface area contributed by atoms with E-state index < -0.39 is 5.60 Å². The van der Waals surface area contributed by atoms with Gasteiger partial charge in [-0.25, -0.2) is 4.79 Å². The summed E-state index contributed by atoms with van der Waals surface area (Å²) >= 11 is 0. The maximum absolute atomic E-state index is 14.2. The minimum Gasteiger partial charge on any atom is -0.493 e. The first-order valence-electron chi connectivity index (χ1n) is 17.7. The van der Waals surface area contributed by atoms with Gasteiger partial charge in [-0.05, 0) is 77.6 Å². The molecule has 49 heavy (non-hydrogen) atoms. The quantitative estimate of drug-likeness (QED) is 0.234. The van der Waals surface area contributed by atoms with Gasteiger partial charge in [0.2, 0.25) is 5.91 Å². The van der Waals surface area contributed by atoms with E-state index in [-0.39, 0.29) is 47.7 Å². The van der Waals surface area contributed by atoms with E-state index in [0.29, 0.717) is 56.3 Å². The fourth-order valence-electron chi connectivity index (χ4n) is 6.61. The molecule has 0 N–H and O–H groups in total. The highest BCUT2D eigenvalue weighted by atomic mass is 16.6. The number of likely N-dealkylation sites (tertiary alicyclic amines) is 1. The highest BCUT2D eigenvalue weighted by molar-refractivity contribution is 5.95. The van der Waals surface area contributed by atoms with Crippen LogP contribution in [0.15, 0.2) is 72.8 Å². The maximum Gasteiger partial charge on any atom is 0.410 e. The van der Waals surface area contributed by atoms with Crippen molar-refractivity contribution in [2.24, 2.45) is 17.8 Å². The second kappa shape index (κ2) is 16.0. The predicted molar refractivity (Wildman–Crippen MR) is 191 cm³/mol. The normalized spacial score (nSPS) is 20.3. The van der Waals surface area contributed by atoms with Gasteiger partial charge in [-0.1, -0.05) is 54.6 Å². The Bertz CT molecular complexity index is 1510. The molecule has 0 aromatic heterocycles. The van der Waals surface area contributed by atoms with Gasteiger partial charge in [-0.3, -0.25) is 9.59 Å². The molecule has 1 saturated carbocycles. The van der Waals surface area contributed by atoms with Crippen LogP contribution in [0.3, 0.4) is 0 Å². The zero-order valence-electron chi connectivity index (χ0n) is 30.0. The van der Waals surface area contributed by atoms with Crippen LogP contribution in [0.25, 0.3) is 0 Å². The monoisotopic (exact) mass is 671 g/mol. The third kappa shape index (κ3) is 9.89. The molecule has 9 nitrogen and oxygen atoms in total. The molecule has 2 aliphatic carbocycles. The number of methoxy groups -OCH3 is 1. The summed E-state index contributed by atoms with van der Waals surface area (Å²) in [6.07, 6.45) is 11.2. The van der Waals surface area contributed by atoms with E-state index in [1.807, 2.05) is 86.9 Å². The molecule has 9 heteroatoms. The molecule has 2 aromatic carbocycles. The zero-order valence-corrected chi connectivity index (χ0v) is 30.0.